The van der Waals surface area contributed by atoms with Gasteiger partial charge >= 0.3 is 15.6 Å². The van der Waals surface area contributed by atoms with Gasteiger partial charge in [-0.25, -0.2) is 9.97 Å². The van der Waals surface area contributed by atoms with Crippen molar-refractivity contribution in [2.24, 2.45) is 0 Å². The summed E-state index contributed by atoms with van der Waals surface area (Å²) in [6.45, 7) is 7.41. The number of benzene rings is 1. The molecule has 1 heterocycles. The molecule has 0 spiro atoms. The predicted molar refractivity (Wildman–Crippen MR) is 92.7 cm³/mol. The van der Waals surface area contributed by atoms with Crippen LogP contribution >= 0.6 is 0 Å². The van der Waals surface area contributed by atoms with E-state index >= 15 is 0 Å². The summed E-state index contributed by atoms with van der Waals surface area (Å²) in [6, 6.07) is 2.78. The lowest BCUT2D eigenvalue weighted by atomic mass is 10.0. The van der Waals surface area contributed by atoms with E-state index in [1.165, 1.54) is 18.3 Å². The Morgan fingerprint density at radius 1 is 1.23 bits per heavy atom. The van der Waals surface area contributed by atoms with E-state index in [9.17, 15) is 21.6 Å². The number of aromatic nitrogens is 2. The first-order valence-electron chi connectivity index (χ1n) is 7.27. The fourth-order valence-corrected chi connectivity index (χ4v) is 2.46. The highest BCUT2D eigenvalue weighted by molar-refractivity contribution is 7.88. The molecule has 0 aliphatic carbocycles. The fourth-order valence-electron chi connectivity index (χ4n) is 2.00. The first kappa shape index (κ1) is 19.6. The summed E-state index contributed by atoms with van der Waals surface area (Å²) in [5.74, 6) is -0.540. The van der Waals surface area contributed by atoms with Gasteiger partial charge < -0.3 is 4.18 Å². The molecular weight excluding hydrogens is 369 g/mol. The van der Waals surface area contributed by atoms with Gasteiger partial charge in [-0.05, 0) is 37.1 Å². The zero-order valence-corrected chi connectivity index (χ0v) is 14.7. The lowest BCUT2D eigenvalue weighted by Gasteiger charge is -2.13. The van der Waals surface area contributed by atoms with Crippen molar-refractivity contribution >= 4 is 26.6 Å². The monoisotopic (exact) mass is 384 g/mol. The maximum absolute atomic E-state index is 12.7. The molecule has 0 saturated heterocycles. The second-order valence-corrected chi connectivity index (χ2v) is 7.03. The average molecular weight is 384 g/mol. The lowest BCUT2D eigenvalue weighted by Crippen LogP contribution is -2.28. The Hall–Kier alpha value is -2.68. The number of hydrogen-bond donors (Lipinski definition) is 0. The highest BCUT2D eigenvalue weighted by Gasteiger charge is 2.48. The van der Waals surface area contributed by atoms with Crippen LogP contribution in [0, 0.1) is 0 Å². The first-order chi connectivity index (χ1) is 12.0. The minimum Gasteiger partial charge on any atom is -0.374 e. The van der Waals surface area contributed by atoms with Gasteiger partial charge in [0.05, 0.1) is 0 Å². The van der Waals surface area contributed by atoms with Crippen LogP contribution in [0.1, 0.15) is 19.4 Å². The van der Waals surface area contributed by atoms with Crippen molar-refractivity contribution in [3.8, 4) is 5.75 Å². The summed E-state index contributed by atoms with van der Waals surface area (Å²) in [5.41, 5.74) is -3.65. The molecule has 9 heteroatoms. The van der Waals surface area contributed by atoms with Crippen molar-refractivity contribution in [3.63, 3.8) is 0 Å². The van der Waals surface area contributed by atoms with Gasteiger partial charge in [-0.3, -0.25) is 0 Å². The van der Waals surface area contributed by atoms with Gasteiger partial charge in [0, 0.05) is 11.6 Å². The minimum absolute atomic E-state index is 0.0535. The van der Waals surface area contributed by atoms with Crippen LogP contribution in [0.3, 0.4) is 0 Å². The Labute approximate surface area is 148 Å². The normalized spacial score (nSPS) is 12.7. The van der Waals surface area contributed by atoms with E-state index < -0.39 is 21.4 Å². The molecule has 0 amide bonds. The van der Waals surface area contributed by atoms with Crippen LogP contribution in [0.25, 0.3) is 16.5 Å². The second-order valence-electron chi connectivity index (χ2n) is 5.49. The van der Waals surface area contributed by atoms with Crippen LogP contribution in [0.2, 0.25) is 0 Å². The van der Waals surface area contributed by atoms with Crippen LogP contribution in [-0.4, -0.2) is 23.9 Å². The van der Waals surface area contributed by atoms with Crippen molar-refractivity contribution in [2.75, 3.05) is 0 Å². The molecule has 1 aromatic heterocycles. The molecule has 26 heavy (non-hydrogen) atoms. The van der Waals surface area contributed by atoms with E-state index in [1.807, 2.05) is 13.8 Å². The maximum atomic E-state index is 12.7. The van der Waals surface area contributed by atoms with Crippen molar-refractivity contribution in [2.45, 2.75) is 19.4 Å². The third-order valence-corrected chi connectivity index (χ3v) is 4.17. The number of halogens is 3. The van der Waals surface area contributed by atoms with Crippen LogP contribution in [-0.2, 0) is 10.1 Å². The smallest absolute Gasteiger partial charge is 0.374 e. The van der Waals surface area contributed by atoms with Gasteiger partial charge in [0.1, 0.15) is 11.8 Å². The summed E-state index contributed by atoms with van der Waals surface area (Å²) >= 11 is 0. The van der Waals surface area contributed by atoms with Crippen molar-refractivity contribution < 1.29 is 25.8 Å². The zero-order valence-electron chi connectivity index (χ0n) is 13.9. The number of hydrogen-bond acceptors (Lipinski definition) is 5. The molecule has 0 unspecified atom stereocenters. The average Bonchev–Trinajstić information content (AvgIpc) is 2.54. The number of nitrogens with zero attached hydrogens (tertiary/aromatic N) is 2. The zero-order chi connectivity index (χ0) is 19.5. The predicted octanol–water partition coefficient (Wildman–Crippen LogP) is 4.39. The van der Waals surface area contributed by atoms with E-state index in [1.54, 1.807) is 18.2 Å². The van der Waals surface area contributed by atoms with Gasteiger partial charge in [-0.1, -0.05) is 30.4 Å². The van der Waals surface area contributed by atoms with Crippen LogP contribution in [0.5, 0.6) is 5.75 Å². The number of rotatable bonds is 5. The standard InChI is InChI=1S/C17H15F3N2O3S/c1-4-12(6-5-11(2)3)13-7-14-9-21-10-22-16(14)15(8-13)25-26(23,24)17(18,19)20/h4-10H,1H2,2-3H3/b12-6+. The highest BCUT2D eigenvalue weighted by atomic mass is 32.2. The number of fused-ring (bicyclic) bond motifs is 1. The van der Waals surface area contributed by atoms with Crippen molar-refractivity contribution in [3.05, 3.63) is 60.6 Å². The van der Waals surface area contributed by atoms with Crippen LogP contribution < -0.4 is 4.18 Å². The molecule has 138 valence electrons. The summed E-state index contributed by atoms with van der Waals surface area (Å²) in [6.07, 6.45) is 7.42. The van der Waals surface area contributed by atoms with E-state index in [-0.39, 0.29) is 5.52 Å². The Kier molecular flexibility index (Phi) is 5.50. The molecule has 5 nitrogen and oxygen atoms in total. The second kappa shape index (κ2) is 7.28. The van der Waals surface area contributed by atoms with E-state index in [2.05, 4.69) is 20.7 Å². The lowest BCUT2D eigenvalue weighted by molar-refractivity contribution is -0.0499. The molecule has 0 aliphatic heterocycles. The Morgan fingerprint density at radius 2 is 1.92 bits per heavy atom. The molecular formula is C17H15F3N2O3S. The van der Waals surface area contributed by atoms with Gasteiger partial charge in [-0.15, -0.1) is 0 Å². The molecule has 0 radical (unpaired) electrons. The Balaban J connectivity index is 2.68. The summed E-state index contributed by atoms with van der Waals surface area (Å²) in [5, 5.41) is 0.322. The van der Waals surface area contributed by atoms with Gasteiger partial charge in [-0.2, -0.15) is 21.6 Å². The van der Waals surface area contributed by atoms with Crippen molar-refractivity contribution in [1.29, 1.82) is 0 Å². The molecule has 2 rings (SSSR count). The largest absolute Gasteiger partial charge is 0.534 e. The number of alkyl halides is 3. The SMILES string of the molecule is C=C/C(=C\C=C(C)C)c1cc(OS(=O)(=O)C(F)(F)F)c2ncncc2c1. The highest BCUT2D eigenvalue weighted by Crippen LogP contribution is 2.33. The molecule has 0 saturated carbocycles. The molecule has 1 aromatic carbocycles. The molecule has 0 aliphatic rings. The van der Waals surface area contributed by atoms with Gasteiger partial charge in [0.15, 0.2) is 5.75 Å². The molecule has 0 bridgehead atoms. The fraction of sp³-hybridized carbons (Fsp3) is 0.176. The van der Waals surface area contributed by atoms with Crippen LogP contribution in [0.4, 0.5) is 13.2 Å². The third kappa shape index (κ3) is 4.29. The van der Waals surface area contributed by atoms with E-state index in [0.717, 1.165) is 11.9 Å². The molecule has 0 atom stereocenters. The van der Waals surface area contributed by atoms with Crippen LogP contribution in [0.15, 0.2) is 55.0 Å². The molecule has 0 fully saturated rings. The third-order valence-electron chi connectivity index (χ3n) is 3.20. The topological polar surface area (TPSA) is 69.2 Å². The minimum atomic E-state index is -5.83. The van der Waals surface area contributed by atoms with E-state index in [4.69, 9.17) is 0 Å². The molecule has 2 aromatic rings. The first-order valence-corrected chi connectivity index (χ1v) is 8.68. The summed E-state index contributed by atoms with van der Waals surface area (Å²) in [4.78, 5) is 7.63. The summed E-state index contributed by atoms with van der Waals surface area (Å²) in [7, 11) is -5.83. The quantitative estimate of drug-likeness (QED) is 0.434. The Bertz CT molecular complexity index is 1010. The Morgan fingerprint density at radius 3 is 2.50 bits per heavy atom. The summed E-state index contributed by atoms with van der Waals surface area (Å²) < 4.78 is 65.1. The van der Waals surface area contributed by atoms with Crippen molar-refractivity contribution in [1.82, 2.24) is 9.97 Å². The maximum Gasteiger partial charge on any atom is 0.534 e. The van der Waals surface area contributed by atoms with Gasteiger partial charge in [0.2, 0.25) is 0 Å². The molecule has 0 N–H and O–H groups in total. The van der Waals surface area contributed by atoms with E-state index in [0.29, 0.717) is 16.5 Å². The number of allylic oxidation sites excluding steroid dienone is 5. The van der Waals surface area contributed by atoms with Gasteiger partial charge in [0.25, 0.3) is 0 Å².